The molecule has 2 rings (SSSR count). The zero-order valence-corrected chi connectivity index (χ0v) is 11.4. The first-order chi connectivity index (χ1) is 9.51. The van der Waals surface area contributed by atoms with Crippen molar-refractivity contribution >= 4 is 17.5 Å². The predicted octanol–water partition coefficient (Wildman–Crippen LogP) is 1.27. The van der Waals surface area contributed by atoms with Crippen molar-refractivity contribution in [2.45, 2.75) is 19.9 Å². The standard InChI is InChI=1S/C13H17N5O2/c1-3-10-8(7-18(2)17-10)6-15-12-9(14)4-5-11(16-12)13(19)20/h4-5,7H,3,6,14H2,1-2H3,(H,15,16)(H,19,20). The van der Waals surface area contributed by atoms with Crippen LogP contribution in [-0.4, -0.2) is 25.8 Å². The minimum atomic E-state index is -1.08. The number of hydrogen-bond donors (Lipinski definition) is 3. The Morgan fingerprint density at radius 2 is 2.25 bits per heavy atom. The van der Waals surface area contributed by atoms with E-state index in [1.165, 1.54) is 12.1 Å². The van der Waals surface area contributed by atoms with Crippen LogP contribution in [0.1, 0.15) is 28.7 Å². The highest BCUT2D eigenvalue weighted by molar-refractivity contribution is 5.86. The Morgan fingerprint density at radius 3 is 2.90 bits per heavy atom. The lowest BCUT2D eigenvalue weighted by molar-refractivity contribution is 0.0690. The molecular weight excluding hydrogens is 258 g/mol. The van der Waals surface area contributed by atoms with Crippen LogP contribution in [0.3, 0.4) is 0 Å². The van der Waals surface area contributed by atoms with E-state index < -0.39 is 5.97 Å². The summed E-state index contributed by atoms with van der Waals surface area (Å²) >= 11 is 0. The molecule has 106 valence electrons. The molecule has 0 saturated heterocycles. The van der Waals surface area contributed by atoms with Gasteiger partial charge in [-0.25, -0.2) is 9.78 Å². The number of nitrogens with one attached hydrogen (secondary N) is 1. The molecule has 2 aromatic heterocycles. The molecule has 0 aliphatic heterocycles. The SMILES string of the molecule is CCc1nn(C)cc1CNc1nc(C(=O)O)ccc1N. The molecule has 0 aliphatic rings. The number of nitrogens with zero attached hydrogens (tertiary/aromatic N) is 3. The molecule has 4 N–H and O–H groups in total. The number of aromatic nitrogens is 3. The van der Waals surface area contributed by atoms with Crippen LogP contribution in [0.25, 0.3) is 0 Å². The Hall–Kier alpha value is -2.57. The largest absolute Gasteiger partial charge is 0.477 e. The maximum atomic E-state index is 10.9. The van der Waals surface area contributed by atoms with E-state index in [2.05, 4.69) is 15.4 Å². The highest BCUT2D eigenvalue weighted by Crippen LogP contribution is 2.17. The Balaban J connectivity index is 2.18. The number of carboxylic acid groups (broad SMARTS) is 1. The van der Waals surface area contributed by atoms with Crippen molar-refractivity contribution in [3.8, 4) is 0 Å². The number of aryl methyl sites for hydroxylation is 2. The molecule has 0 spiro atoms. The average molecular weight is 275 g/mol. The van der Waals surface area contributed by atoms with Gasteiger partial charge >= 0.3 is 5.97 Å². The number of anilines is 2. The zero-order chi connectivity index (χ0) is 14.7. The van der Waals surface area contributed by atoms with Gasteiger partial charge in [0.15, 0.2) is 5.69 Å². The number of aromatic carboxylic acids is 1. The number of nitrogen functional groups attached to an aromatic ring is 1. The summed E-state index contributed by atoms with van der Waals surface area (Å²) in [5, 5.41) is 16.3. The van der Waals surface area contributed by atoms with Gasteiger partial charge in [-0.1, -0.05) is 6.92 Å². The molecule has 20 heavy (non-hydrogen) atoms. The predicted molar refractivity (Wildman–Crippen MR) is 75.5 cm³/mol. The van der Waals surface area contributed by atoms with E-state index in [1.807, 2.05) is 20.2 Å². The van der Waals surface area contributed by atoms with Gasteiger partial charge in [-0.3, -0.25) is 4.68 Å². The van der Waals surface area contributed by atoms with Crippen LogP contribution in [-0.2, 0) is 20.0 Å². The van der Waals surface area contributed by atoms with E-state index in [1.54, 1.807) is 4.68 Å². The Kier molecular flexibility index (Phi) is 3.88. The van der Waals surface area contributed by atoms with Crippen molar-refractivity contribution < 1.29 is 9.90 Å². The molecule has 2 heterocycles. The summed E-state index contributed by atoms with van der Waals surface area (Å²) in [7, 11) is 1.86. The van der Waals surface area contributed by atoms with Crippen molar-refractivity contribution in [3.05, 3.63) is 35.3 Å². The van der Waals surface area contributed by atoms with Gasteiger partial charge in [-0.2, -0.15) is 5.10 Å². The monoisotopic (exact) mass is 275 g/mol. The summed E-state index contributed by atoms with van der Waals surface area (Å²) in [4.78, 5) is 14.9. The van der Waals surface area contributed by atoms with Crippen molar-refractivity contribution in [1.82, 2.24) is 14.8 Å². The molecule has 0 aromatic carbocycles. The first kappa shape index (κ1) is 13.9. The van der Waals surface area contributed by atoms with Gasteiger partial charge < -0.3 is 16.2 Å². The zero-order valence-electron chi connectivity index (χ0n) is 11.4. The maximum Gasteiger partial charge on any atom is 0.354 e. The Morgan fingerprint density at radius 1 is 1.50 bits per heavy atom. The summed E-state index contributed by atoms with van der Waals surface area (Å²) in [6.07, 6.45) is 2.75. The summed E-state index contributed by atoms with van der Waals surface area (Å²) in [5.74, 6) is -0.709. The normalized spacial score (nSPS) is 10.5. The van der Waals surface area contributed by atoms with E-state index in [-0.39, 0.29) is 5.69 Å². The summed E-state index contributed by atoms with van der Waals surface area (Å²) < 4.78 is 1.75. The Labute approximate surface area is 116 Å². The van der Waals surface area contributed by atoms with Gasteiger partial charge in [0, 0.05) is 25.4 Å². The lowest BCUT2D eigenvalue weighted by atomic mass is 10.2. The summed E-state index contributed by atoms with van der Waals surface area (Å²) in [6.45, 7) is 2.53. The molecule has 0 saturated carbocycles. The molecule has 7 nitrogen and oxygen atoms in total. The van der Waals surface area contributed by atoms with Crippen LogP contribution in [0.15, 0.2) is 18.3 Å². The third-order valence-electron chi connectivity index (χ3n) is 2.92. The minimum Gasteiger partial charge on any atom is -0.477 e. The van der Waals surface area contributed by atoms with Gasteiger partial charge in [0.05, 0.1) is 11.4 Å². The van der Waals surface area contributed by atoms with Crippen molar-refractivity contribution in [2.24, 2.45) is 7.05 Å². The fourth-order valence-electron chi connectivity index (χ4n) is 1.94. The number of hydrogen-bond acceptors (Lipinski definition) is 5. The molecule has 7 heteroatoms. The number of carbonyl (C=O) groups is 1. The number of nitrogens with two attached hydrogens (primary N) is 1. The maximum absolute atomic E-state index is 10.9. The second-order valence-corrected chi connectivity index (χ2v) is 4.42. The average Bonchev–Trinajstić information content (AvgIpc) is 2.77. The molecule has 0 unspecified atom stereocenters. The van der Waals surface area contributed by atoms with Gasteiger partial charge in [-0.15, -0.1) is 0 Å². The lowest BCUT2D eigenvalue weighted by Gasteiger charge is -2.08. The van der Waals surface area contributed by atoms with Crippen LogP contribution in [0.4, 0.5) is 11.5 Å². The summed E-state index contributed by atoms with van der Waals surface area (Å²) in [6, 6.07) is 2.91. The van der Waals surface area contributed by atoms with Crippen LogP contribution < -0.4 is 11.1 Å². The van der Waals surface area contributed by atoms with E-state index in [4.69, 9.17) is 10.8 Å². The second kappa shape index (κ2) is 5.60. The van der Waals surface area contributed by atoms with Crippen LogP contribution in [0, 0.1) is 0 Å². The number of pyridine rings is 1. The molecule has 0 amide bonds. The van der Waals surface area contributed by atoms with Crippen molar-refractivity contribution in [1.29, 1.82) is 0 Å². The van der Waals surface area contributed by atoms with Crippen LogP contribution >= 0.6 is 0 Å². The van der Waals surface area contributed by atoms with Gasteiger partial charge in [0.2, 0.25) is 0 Å². The second-order valence-electron chi connectivity index (χ2n) is 4.42. The number of carboxylic acids is 1. The quantitative estimate of drug-likeness (QED) is 0.758. The molecule has 2 aromatic rings. The van der Waals surface area contributed by atoms with E-state index in [0.29, 0.717) is 18.1 Å². The molecule has 0 fully saturated rings. The van der Waals surface area contributed by atoms with Gasteiger partial charge in [0.25, 0.3) is 0 Å². The molecule has 0 bridgehead atoms. The fourth-order valence-corrected chi connectivity index (χ4v) is 1.94. The van der Waals surface area contributed by atoms with Gasteiger partial charge in [-0.05, 0) is 18.6 Å². The third-order valence-corrected chi connectivity index (χ3v) is 2.92. The van der Waals surface area contributed by atoms with Crippen LogP contribution in [0.5, 0.6) is 0 Å². The first-order valence-electron chi connectivity index (χ1n) is 6.26. The summed E-state index contributed by atoms with van der Waals surface area (Å²) in [5.41, 5.74) is 8.20. The first-order valence-corrected chi connectivity index (χ1v) is 6.26. The van der Waals surface area contributed by atoms with Crippen molar-refractivity contribution in [2.75, 3.05) is 11.1 Å². The smallest absolute Gasteiger partial charge is 0.354 e. The third kappa shape index (κ3) is 2.87. The topological polar surface area (TPSA) is 106 Å². The van der Waals surface area contributed by atoms with Gasteiger partial charge in [0.1, 0.15) is 5.82 Å². The highest BCUT2D eigenvalue weighted by atomic mass is 16.4. The number of rotatable bonds is 5. The molecule has 0 aliphatic carbocycles. The van der Waals surface area contributed by atoms with E-state index >= 15 is 0 Å². The van der Waals surface area contributed by atoms with Crippen LogP contribution in [0.2, 0.25) is 0 Å². The minimum absolute atomic E-state index is 0.0383. The molecular formula is C13H17N5O2. The van der Waals surface area contributed by atoms with E-state index in [9.17, 15) is 4.79 Å². The lowest BCUT2D eigenvalue weighted by Crippen LogP contribution is -2.09. The highest BCUT2D eigenvalue weighted by Gasteiger charge is 2.10. The van der Waals surface area contributed by atoms with Crippen molar-refractivity contribution in [3.63, 3.8) is 0 Å². The molecule has 0 radical (unpaired) electrons. The molecule has 0 atom stereocenters. The van der Waals surface area contributed by atoms with E-state index in [0.717, 1.165) is 17.7 Å². The Bertz CT molecular complexity index is 636. The fraction of sp³-hybridized carbons (Fsp3) is 0.308.